The summed E-state index contributed by atoms with van der Waals surface area (Å²) in [6, 6.07) is 7.32. The summed E-state index contributed by atoms with van der Waals surface area (Å²) in [4.78, 5) is 11.6. The molecule has 0 atom stereocenters. The molecule has 0 heterocycles. The lowest BCUT2D eigenvalue weighted by molar-refractivity contribution is -0.116. The largest absolute Gasteiger partial charge is 0.397 e. The highest BCUT2D eigenvalue weighted by molar-refractivity contribution is 7.99. The number of benzene rings is 1. The molecule has 0 radical (unpaired) electrons. The average Bonchev–Trinajstić information content (AvgIpc) is 2.32. The van der Waals surface area contributed by atoms with Crippen molar-refractivity contribution in [2.75, 3.05) is 22.6 Å². The fourth-order valence-corrected chi connectivity index (χ4v) is 2.25. The number of hydrogen-bond acceptors (Lipinski definition) is 3. The first-order valence-corrected chi connectivity index (χ1v) is 7.11. The molecule has 1 aromatic rings. The molecule has 0 fully saturated rings. The molecular weight excluding hydrogens is 232 g/mol. The van der Waals surface area contributed by atoms with Crippen LogP contribution in [-0.4, -0.2) is 17.4 Å². The molecule has 4 heteroatoms. The van der Waals surface area contributed by atoms with E-state index in [1.54, 1.807) is 6.07 Å². The second-order valence-electron chi connectivity index (χ2n) is 3.85. The summed E-state index contributed by atoms with van der Waals surface area (Å²) < 4.78 is 0. The van der Waals surface area contributed by atoms with Crippen molar-refractivity contribution >= 4 is 29.0 Å². The Morgan fingerprint density at radius 2 is 2.12 bits per heavy atom. The van der Waals surface area contributed by atoms with Crippen molar-refractivity contribution in [2.24, 2.45) is 0 Å². The van der Waals surface area contributed by atoms with Gasteiger partial charge in [0.15, 0.2) is 0 Å². The van der Waals surface area contributed by atoms with Crippen molar-refractivity contribution in [3.8, 4) is 0 Å². The van der Waals surface area contributed by atoms with Crippen molar-refractivity contribution in [3.05, 3.63) is 24.3 Å². The van der Waals surface area contributed by atoms with Gasteiger partial charge in [-0.15, -0.1) is 0 Å². The van der Waals surface area contributed by atoms with Crippen LogP contribution < -0.4 is 11.1 Å². The quantitative estimate of drug-likeness (QED) is 0.579. The van der Waals surface area contributed by atoms with Gasteiger partial charge in [0.2, 0.25) is 5.91 Å². The Balaban J connectivity index is 2.23. The zero-order valence-corrected chi connectivity index (χ0v) is 11.1. The smallest absolute Gasteiger partial charge is 0.224 e. The highest BCUT2D eigenvalue weighted by Crippen LogP contribution is 2.17. The summed E-state index contributed by atoms with van der Waals surface area (Å²) in [7, 11) is 0. The maximum Gasteiger partial charge on any atom is 0.224 e. The predicted molar refractivity (Wildman–Crippen MR) is 76.3 cm³/mol. The van der Waals surface area contributed by atoms with Gasteiger partial charge in [-0.1, -0.05) is 19.1 Å². The normalized spacial score (nSPS) is 10.2. The van der Waals surface area contributed by atoms with Crippen LogP contribution in [-0.2, 0) is 4.79 Å². The number of nitrogens with two attached hydrogens (primary N) is 1. The van der Waals surface area contributed by atoms with Gasteiger partial charge in [-0.2, -0.15) is 11.8 Å². The number of hydrogen-bond donors (Lipinski definition) is 2. The molecule has 3 nitrogen and oxygen atoms in total. The molecule has 0 aromatic heterocycles. The zero-order valence-electron chi connectivity index (χ0n) is 10.2. The molecule has 1 aromatic carbocycles. The van der Waals surface area contributed by atoms with Gasteiger partial charge in [-0.25, -0.2) is 0 Å². The summed E-state index contributed by atoms with van der Waals surface area (Å²) in [6.07, 6.45) is 2.67. The molecule has 0 unspecified atom stereocenters. The minimum absolute atomic E-state index is 0.0417. The molecule has 0 saturated heterocycles. The first kappa shape index (κ1) is 13.9. The number of nitrogens with one attached hydrogen (secondary N) is 1. The molecule has 17 heavy (non-hydrogen) atoms. The third kappa shape index (κ3) is 5.63. The van der Waals surface area contributed by atoms with Crippen LogP contribution in [0.2, 0.25) is 0 Å². The van der Waals surface area contributed by atoms with E-state index in [0.29, 0.717) is 17.8 Å². The van der Waals surface area contributed by atoms with E-state index in [1.807, 2.05) is 30.0 Å². The molecule has 0 aliphatic rings. The first-order chi connectivity index (χ1) is 8.24. The van der Waals surface area contributed by atoms with Crippen molar-refractivity contribution in [1.29, 1.82) is 0 Å². The minimum Gasteiger partial charge on any atom is -0.397 e. The summed E-state index contributed by atoms with van der Waals surface area (Å²) >= 11 is 1.90. The van der Waals surface area contributed by atoms with E-state index in [1.165, 1.54) is 12.2 Å². The van der Waals surface area contributed by atoms with Gasteiger partial charge >= 0.3 is 0 Å². The lowest BCUT2D eigenvalue weighted by atomic mass is 10.2. The van der Waals surface area contributed by atoms with Gasteiger partial charge in [0.05, 0.1) is 11.4 Å². The number of nitrogen functional groups attached to an aromatic ring is 1. The Morgan fingerprint density at radius 3 is 2.82 bits per heavy atom. The topological polar surface area (TPSA) is 55.1 Å². The molecule has 0 bridgehead atoms. The van der Waals surface area contributed by atoms with Crippen molar-refractivity contribution in [3.63, 3.8) is 0 Å². The van der Waals surface area contributed by atoms with Crippen molar-refractivity contribution in [2.45, 2.75) is 26.2 Å². The van der Waals surface area contributed by atoms with Crippen molar-refractivity contribution < 1.29 is 4.79 Å². The number of anilines is 2. The molecular formula is C13H20N2OS. The highest BCUT2D eigenvalue weighted by atomic mass is 32.2. The second-order valence-corrected chi connectivity index (χ2v) is 5.08. The third-order valence-corrected chi connectivity index (χ3v) is 3.55. The van der Waals surface area contributed by atoms with Gasteiger partial charge in [0.1, 0.15) is 0 Å². The Bertz CT molecular complexity index is 355. The van der Waals surface area contributed by atoms with E-state index in [2.05, 4.69) is 12.2 Å². The fraction of sp³-hybridized carbons (Fsp3) is 0.462. The highest BCUT2D eigenvalue weighted by Gasteiger charge is 2.04. The molecule has 0 aliphatic carbocycles. The molecule has 94 valence electrons. The Morgan fingerprint density at radius 1 is 1.35 bits per heavy atom. The monoisotopic (exact) mass is 252 g/mol. The van der Waals surface area contributed by atoms with Gasteiger partial charge < -0.3 is 11.1 Å². The summed E-state index contributed by atoms with van der Waals surface area (Å²) in [5.41, 5.74) is 7.06. The maximum absolute atomic E-state index is 11.6. The molecule has 0 spiro atoms. The van der Waals surface area contributed by atoms with E-state index >= 15 is 0 Å². The van der Waals surface area contributed by atoms with Crippen LogP contribution in [0.4, 0.5) is 11.4 Å². The van der Waals surface area contributed by atoms with E-state index < -0.39 is 0 Å². The van der Waals surface area contributed by atoms with Crippen LogP contribution >= 0.6 is 11.8 Å². The van der Waals surface area contributed by atoms with Gasteiger partial charge in [0, 0.05) is 6.42 Å². The molecule has 0 saturated carbocycles. The third-order valence-electron chi connectivity index (χ3n) is 2.28. The van der Waals surface area contributed by atoms with E-state index in [0.717, 1.165) is 12.2 Å². The van der Waals surface area contributed by atoms with Gasteiger partial charge in [0.25, 0.3) is 0 Å². The SMILES string of the molecule is CCCSCCCC(=O)Nc1ccccc1N. The number of rotatable bonds is 7. The zero-order chi connectivity index (χ0) is 12.5. The lowest BCUT2D eigenvalue weighted by Gasteiger charge is -2.07. The Kier molecular flexibility index (Phi) is 6.55. The van der Waals surface area contributed by atoms with Crippen LogP contribution in [0.5, 0.6) is 0 Å². The first-order valence-electron chi connectivity index (χ1n) is 5.96. The second kappa shape index (κ2) is 8.01. The molecule has 3 N–H and O–H groups in total. The lowest BCUT2D eigenvalue weighted by Crippen LogP contribution is -2.12. The van der Waals surface area contributed by atoms with Gasteiger partial charge in [-0.05, 0) is 36.5 Å². The van der Waals surface area contributed by atoms with E-state index in [4.69, 9.17) is 5.73 Å². The standard InChI is InChI=1S/C13H20N2OS/c1-2-9-17-10-5-8-13(16)15-12-7-4-3-6-11(12)14/h3-4,6-7H,2,5,8-10,14H2,1H3,(H,15,16). The number of carbonyl (C=O) groups excluding carboxylic acids is 1. The molecule has 0 aliphatic heterocycles. The van der Waals surface area contributed by atoms with Crippen LogP contribution in [0, 0.1) is 0 Å². The molecule has 1 rings (SSSR count). The van der Waals surface area contributed by atoms with Crippen LogP contribution in [0.15, 0.2) is 24.3 Å². The summed E-state index contributed by atoms with van der Waals surface area (Å²) in [5.74, 6) is 2.26. The van der Waals surface area contributed by atoms with Gasteiger partial charge in [-0.3, -0.25) is 4.79 Å². The molecule has 1 amide bonds. The summed E-state index contributed by atoms with van der Waals surface area (Å²) in [6.45, 7) is 2.16. The summed E-state index contributed by atoms with van der Waals surface area (Å²) in [5, 5.41) is 2.83. The van der Waals surface area contributed by atoms with Crippen LogP contribution in [0.3, 0.4) is 0 Å². The predicted octanol–water partition coefficient (Wildman–Crippen LogP) is 3.13. The Labute approximate surface area is 107 Å². The average molecular weight is 252 g/mol. The Hall–Kier alpha value is -1.16. The number of amides is 1. The number of carbonyl (C=O) groups is 1. The van der Waals surface area contributed by atoms with Crippen LogP contribution in [0.25, 0.3) is 0 Å². The van der Waals surface area contributed by atoms with E-state index in [9.17, 15) is 4.79 Å². The number of para-hydroxylation sites is 2. The van der Waals surface area contributed by atoms with Crippen LogP contribution in [0.1, 0.15) is 26.2 Å². The maximum atomic E-state index is 11.6. The number of thioether (sulfide) groups is 1. The minimum atomic E-state index is 0.0417. The van der Waals surface area contributed by atoms with Crippen molar-refractivity contribution in [1.82, 2.24) is 0 Å². The van der Waals surface area contributed by atoms with E-state index in [-0.39, 0.29) is 5.91 Å². The fourth-order valence-electron chi connectivity index (χ4n) is 1.40.